The highest BCUT2D eigenvalue weighted by Crippen LogP contribution is 2.30. The summed E-state index contributed by atoms with van der Waals surface area (Å²) in [6.07, 6.45) is 1.07. The Kier molecular flexibility index (Phi) is 7.48. The van der Waals surface area contributed by atoms with Crippen molar-refractivity contribution in [3.63, 3.8) is 0 Å². The van der Waals surface area contributed by atoms with Gasteiger partial charge < -0.3 is 24.6 Å². The van der Waals surface area contributed by atoms with Gasteiger partial charge in [-0.1, -0.05) is 18.2 Å². The third-order valence-electron chi connectivity index (χ3n) is 7.11. The lowest BCUT2D eigenvalue weighted by atomic mass is 9.90. The monoisotopic (exact) mass is 472 g/mol. The second kappa shape index (κ2) is 10.2. The number of para-hydroxylation sites is 1. The van der Waals surface area contributed by atoms with E-state index in [4.69, 9.17) is 9.47 Å². The maximum Gasteiger partial charge on any atom is 0.146 e. The summed E-state index contributed by atoms with van der Waals surface area (Å²) < 4.78 is 26.0. The van der Waals surface area contributed by atoms with Crippen molar-refractivity contribution in [3.05, 3.63) is 58.9 Å². The Balaban J connectivity index is 1.37. The number of halogens is 1. The molecule has 0 radical (unpaired) electrons. The maximum absolute atomic E-state index is 14.2. The quantitative estimate of drug-likeness (QED) is 0.673. The fourth-order valence-electron chi connectivity index (χ4n) is 5.03. The van der Waals surface area contributed by atoms with Crippen LogP contribution in [0.4, 0.5) is 10.1 Å². The van der Waals surface area contributed by atoms with E-state index in [9.17, 15) is 14.6 Å². The fraction of sp³-hybridized carbons (Fsp3) is 0.556. The zero-order chi connectivity index (χ0) is 24.3. The summed E-state index contributed by atoms with van der Waals surface area (Å²) >= 11 is 0. The minimum absolute atomic E-state index is 0.118. The number of β-amino-alcohol motifs (C(OH)–C–C–N with tert-alkyl or cyclic N) is 2. The third kappa shape index (κ3) is 5.89. The molecule has 34 heavy (non-hydrogen) atoms. The van der Waals surface area contributed by atoms with Crippen molar-refractivity contribution in [2.24, 2.45) is 0 Å². The minimum Gasteiger partial charge on any atom is -0.490 e. The van der Waals surface area contributed by atoms with Gasteiger partial charge in [0.25, 0.3) is 0 Å². The molecule has 2 N–H and O–H groups in total. The normalized spacial score (nSPS) is 23.5. The highest BCUT2D eigenvalue weighted by molar-refractivity contribution is 5.48. The summed E-state index contributed by atoms with van der Waals surface area (Å²) in [5, 5.41) is 22.6. The lowest BCUT2D eigenvalue weighted by Crippen LogP contribution is -2.55. The van der Waals surface area contributed by atoms with E-state index >= 15 is 0 Å². The average Bonchev–Trinajstić information content (AvgIpc) is 2.97. The Hall–Kier alpha value is -2.19. The van der Waals surface area contributed by atoms with Gasteiger partial charge in [-0.15, -0.1) is 0 Å². The van der Waals surface area contributed by atoms with Gasteiger partial charge in [-0.25, -0.2) is 4.39 Å². The second-order valence-corrected chi connectivity index (χ2v) is 10.1. The summed E-state index contributed by atoms with van der Waals surface area (Å²) in [7, 11) is 0. The van der Waals surface area contributed by atoms with Crippen LogP contribution < -0.4 is 9.64 Å². The Bertz CT molecular complexity index is 993. The van der Waals surface area contributed by atoms with Crippen LogP contribution in [0.5, 0.6) is 5.75 Å². The van der Waals surface area contributed by atoms with E-state index in [2.05, 4.69) is 17.9 Å². The van der Waals surface area contributed by atoms with E-state index in [0.717, 1.165) is 22.4 Å². The number of aryl methyl sites for hydroxylation is 2. The van der Waals surface area contributed by atoms with E-state index in [1.165, 1.54) is 6.07 Å². The van der Waals surface area contributed by atoms with E-state index in [-0.39, 0.29) is 19.0 Å². The molecule has 0 spiro atoms. The zero-order valence-corrected chi connectivity index (χ0v) is 20.5. The highest BCUT2D eigenvalue weighted by Gasteiger charge is 2.39. The molecule has 2 aromatic rings. The summed E-state index contributed by atoms with van der Waals surface area (Å²) in [6.45, 7) is 9.49. The van der Waals surface area contributed by atoms with Gasteiger partial charge in [-0.2, -0.15) is 0 Å². The first-order valence-corrected chi connectivity index (χ1v) is 12.1. The molecular weight excluding hydrogens is 435 g/mol. The van der Waals surface area contributed by atoms with Crippen molar-refractivity contribution >= 4 is 5.69 Å². The number of rotatable bonds is 6. The molecule has 186 valence electrons. The molecule has 7 heteroatoms. The highest BCUT2D eigenvalue weighted by atomic mass is 19.1. The molecule has 6 nitrogen and oxygen atoms in total. The lowest BCUT2D eigenvalue weighted by molar-refractivity contribution is -0.0743. The topological polar surface area (TPSA) is 65.4 Å². The zero-order valence-electron chi connectivity index (χ0n) is 20.5. The molecule has 2 heterocycles. The number of hydrogen-bond acceptors (Lipinski definition) is 6. The number of hydrogen-bond donors (Lipinski definition) is 2. The molecule has 2 fully saturated rings. The van der Waals surface area contributed by atoms with Crippen molar-refractivity contribution in [1.82, 2.24) is 4.90 Å². The van der Waals surface area contributed by atoms with Crippen LogP contribution >= 0.6 is 0 Å². The number of piperidine rings is 1. The smallest absolute Gasteiger partial charge is 0.146 e. The Morgan fingerprint density at radius 2 is 1.76 bits per heavy atom. The van der Waals surface area contributed by atoms with Gasteiger partial charge in [-0.3, -0.25) is 4.90 Å². The predicted molar refractivity (Wildman–Crippen MR) is 131 cm³/mol. The largest absolute Gasteiger partial charge is 0.490 e. The molecule has 0 saturated carbocycles. The van der Waals surface area contributed by atoms with Crippen molar-refractivity contribution in [1.29, 1.82) is 0 Å². The van der Waals surface area contributed by atoms with E-state index in [1.807, 2.05) is 30.9 Å². The summed E-state index contributed by atoms with van der Waals surface area (Å²) in [4.78, 5) is 4.06. The van der Waals surface area contributed by atoms with Crippen LogP contribution in [0, 0.1) is 26.6 Å². The molecule has 0 amide bonds. The standard InChI is InChI=1S/C27H37FN2O4/c1-20-14-21(2)22(3)25(15-20)34-19-27(32)17-29(12-13-33-18-27)16-26(31)8-10-30(11-9-26)24-7-5-4-6-23(24)28/h4-7,14-15,31-32H,8-13,16-19H2,1-3H3. The lowest BCUT2D eigenvalue weighted by Gasteiger charge is -2.42. The average molecular weight is 473 g/mol. The van der Waals surface area contributed by atoms with Gasteiger partial charge in [0.1, 0.15) is 23.8 Å². The van der Waals surface area contributed by atoms with E-state index < -0.39 is 11.2 Å². The van der Waals surface area contributed by atoms with Crippen molar-refractivity contribution in [2.45, 2.75) is 44.8 Å². The SMILES string of the molecule is Cc1cc(C)c(C)c(OCC2(O)COCCN(CC3(O)CCN(c4ccccc4F)CC3)C2)c1. The van der Waals surface area contributed by atoms with Gasteiger partial charge in [0.15, 0.2) is 0 Å². The predicted octanol–water partition coefficient (Wildman–Crippen LogP) is 3.22. The number of nitrogens with zero attached hydrogens (tertiary/aromatic N) is 2. The Morgan fingerprint density at radius 3 is 2.50 bits per heavy atom. The minimum atomic E-state index is -1.18. The number of anilines is 1. The molecule has 1 atom stereocenters. The van der Waals surface area contributed by atoms with Gasteiger partial charge in [0, 0.05) is 32.7 Å². The van der Waals surface area contributed by atoms with E-state index in [0.29, 0.717) is 57.9 Å². The molecule has 2 aliphatic heterocycles. The first-order chi connectivity index (χ1) is 16.2. The van der Waals surface area contributed by atoms with Crippen LogP contribution in [0.25, 0.3) is 0 Å². The van der Waals surface area contributed by atoms with Crippen molar-refractivity contribution < 1.29 is 24.1 Å². The third-order valence-corrected chi connectivity index (χ3v) is 7.11. The van der Waals surface area contributed by atoms with Crippen molar-refractivity contribution in [2.75, 3.05) is 57.4 Å². The van der Waals surface area contributed by atoms with Crippen LogP contribution in [0.3, 0.4) is 0 Å². The summed E-state index contributed by atoms with van der Waals surface area (Å²) in [5.41, 5.74) is 1.86. The number of ether oxygens (including phenoxy) is 2. The number of benzene rings is 2. The molecule has 4 rings (SSSR count). The summed E-state index contributed by atoms with van der Waals surface area (Å²) in [6, 6.07) is 10.9. The van der Waals surface area contributed by atoms with E-state index in [1.54, 1.807) is 12.1 Å². The maximum atomic E-state index is 14.2. The van der Waals surface area contributed by atoms with Crippen molar-refractivity contribution in [3.8, 4) is 5.75 Å². The number of aliphatic hydroxyl groups is 2. The first kappa shape index (κ1) is 24.9. The molecule has 0 aliphatic carbocycles. The second-order valence-electron chi connectivity index (χ2n) is 10.1. The first-order valence-electron chi connectivity index (χ1n) is 12.1. The Morgan fingerprint density at radius 1 is 1.03 bits per heavy atom. The summed E-state index contributed by atoms with van der Waals surface area (Å²) in [5.74, 6) is 0.544. The molecule has 0 bridgehead atoms. The molecule has 0 aromatic heterocycles. The van der Waals surface area contributed by atoms with Crippen LogP contribution in [0.1, 0.15) is 29.5 Å². The van der Waals surface area contributed by atoms with Gasteiger partial charge in [0.05, 0.1) is 24.5 Å². The van der Waals surface area contributed by atoms with Crippen LogP contribution in [0.2, 0.25) is 0 Å². The fourth-order valence-corrected chi connectivity index (χ4v) is 5.03. The molecule has 1 unspecified atom stereocenters. The van der Waals surface area contributed by atoms with Gasteiger partial charge in [0.2, 0.25) is 0 Å². The Labute approximate surface area is 201 Å². The van der Waals surface area contributed by atoms with Gasteiger partial charge in [-0.05, 0) is 68.5 Å². The van der Waals surface area contributed by atoms with Crippen LogP contribution in [-0.4, -0.2) is 78.9 Å². The van der Waals surface area contributed by atoms with Gasteiger partial charge >= 0.3 is 0 Å². The molecule has 2 aromatic carbocycles. The molecule has 2 saturated heterocycles. The van der Waals surface area contributed by atoms with Crippen LogP contribution in [0.15, 0.2) is 36.4 Å². The van der Waals surface area contributed by atoms with Crippen LogP contribution in [-0.2, 0) is 4.74 Å². The molecular formula is C27H37FN2O4. The molecule has 2 aliphatic rings.